The Labute approximate surface area is 205 Å². The molecule has 0 aliphatic carbocycles. The molecule has 172 valence electrons. The predicted molar refractivity (Wildman–Crippen MR) is 135 cm³/mol. The van der Waals surface area contributed by atoms with E-state index in [0.717, 1.165) is 16.9 Å². The first-order chi connectivity index (χ1) is 16.5. The van der Waals surface area contributed by atoms with E-state index >= 15 is 0 Å². The summed E-state index contributed by atoms with van der Waals surface area (Å²) in [6.07, 6.45) is 0.702. The van der Waals surface area contributed by atoms with Gasteiger partial charge in [0.25, 0.3) is 5.56 Å². The summed E-state index contributed by atoms with van der Waals surface area (Å²) in [6.45, 7) is 2.41. The maximum atomic E-state index is 13.5. The van der Waals surface area contributed by atoms with Crippen molar-refractivity contribution in [1.29, 1.82) is 0 Å². The van der Waals surface area contributed by atoms with E-state index in [4.69, 9.17) is 21.3 Å². The normalized spacial score (nSPS) is 14.9. The molecule has 1 unspecified atom stereocenters. The molecule has 1 atom stereocenters. The van der Waals surface area contributed by atoms with Crippen LogP contribution in [0.2, 0.25) is 5.02 Å². The highest BCUT2D eigenvalue weighted by Crippen LogP contribution is 2.32. The number of hydrogen-bond donors (Lipinski definition) is 1. The van der Waals surface area contributed by atoms with E-state index in [-0.39, 0.29) is 23.3 Å². The number of hydrogen-bond acceptors (Lipinski definition) is 5. The van der Waals surface area contributed by atoms with Crippen LogP contribution < -0.4 is 15.6 Å². The number of halogens is 1. The molecule has 4 aromatic rings. The Balaban J connectivity index is 1.45. The summed E-state index contributed by atoms with van der Waals surface area (Å²) in [7, 11) is 0. The molecule has 0 saturated carbocycles. The minimum absolute atomic E-state index is 0.111. The van der Waals surface area contributed by atoms with Crippen molar-refractivity contribution >= 4 is 40.2 Å². The van der Waals surface area contributed by atoms with Gasteiger partial charge in [0.2, 0.25) is 5.91 Å². The average Bonchev–Trinajstić information content (AvgIpc) is 2.85. The molecule has 0 bridgehead atoms. The maximum absolute atomic E-state index is 13.5. The number of carbonyl (C=O) groups excluding carboxylic acids is 1. The van der Waals surface area contributed by atoms with Crippen LogP contribution >= 0.6 is 23.4 Å². The number of nitrogens with one attached hydrogen (secondary N) is 1. The van der Waals surface area contributed by atoms with E-state index < -0.39 is 0 Å². The molecule has 3 aromatic carbocycles. The van der Waals surface area contributed by atoms with Gasteiger partial charge in [-0.3, -0.25) is 14.2 Å². The molecule has 0 saturated heterocycles. The Bertz CT molecular complexity index is 1450. The van der Waals surface area contributed by atoms with Gasteiger partial charge < -0.3 is 10.1 Å². The molecule has 5 rings (SSSR count). The Morgan fingerprint density at radius 2 is 1.94 bits per heavy atom. The van der Waals surface area contributed by atoms with E-state index in [0.29, 0.717) is 39.8 Å². The summed E-state index contributed by atoms with van der Waals surface area (Å²) in [5.41, 5.74) is 2.79. The van der Waals surface area contributed by atoms with Crippen LogP contribution in [0, 0.1) is 6.92 Å². The van der Waals surface area contributed by atoms with Gasteiger partial charge >= 0.3 is 0 Å². The van der Waals surface area contributed by atoms with Crippen LogP contribution in [0.25, 0.3) is 16.6 Å². The van der Waals surface area contributed by atoms with Crippen LogP contribution in [0.4, 0.5) is 0 Å². The standard InChI is InChI=1S/C26H22ClN3O3S/c1-16-19(27)9-6-11-22(16)30-25(32)18-8-2-4-10-20(18)29-26(30)34-15-24(31)28-21-13-14-33-23-12-5-3-7-17(21)23/h2-12,21H,13-15H2,1H3,(H,28,31). The van der Waals surface area contributed by atoms with Crippen molar-refractivity contribution in [1.82, 2.24) is 14.9 Å². The third-order valence-electron chi connectivity index (χ3n) is 5.85. The van der Waals surface area contributed by atoms with E-state index in [1.165, 1.54) is 11.8 Å². The maximum Gasteiger partial charge on any atom is 0.266 e. The molecular weight excluding hydrogens is 470 g/mol. The van der Waals surface area contributed by atoms with Gasteiger partial charge in [0.05, 0.1) is 35.0 Å². The van der Waals surface area contributed by atoms with Crippen LogP contribution in [-0.2, 0) is 4.79 Å². The molecule has 6 nitrogen and oxygen atoms in total. The van der Waals surface area contributed by atoms with Crippen molar-refractivity contribution in [3.8, 4) is 11.4 Å². The molecule has 2 heterocycles. The number of benzene rings is 3. The fourth-order valence-electron chi connectivity index (χ4n) is 4.12. The van der Waals surface area contributed by atoms with Gasteiger partial charge in [-0.1, -0.05) is 59.8 Å². The third kappa shape index (κ3) is 4.29. The molecule has 0 spiro atoms. The van der Waals surface area contributed by atoms with Crippen LogP contribution in [0.5, 0.6) is 5.75 Å². The van der Waals surface area contributed by atoms with Gasteiger partial charge in [-0.2, -0.15) is 0 Å². The second-order valence-corrected chi connectivity index (χ2v) is 9.37. The second kappa shape index (κ2) is 9.52. The Hall–Kier alpha value is -3.29. The molecule has 1 N–H and O–H groups in total. The predicted octanol–water partition coefficient (Wildman–Crippen LogP) is 5.08. The van der Waals surface area contributed by atoms with Crippen LogP contribution in [0.15, 0.2) is 76.7 Å². The third-order valence-corrected chi connectivity index (χ3v) is 7.20. The zero-order valence-corrected chi connectivity index (χ0v) is 20.0. The van der Waals surface area contributed by atoms with Gasteiger partial charge in [-0.15, -0.1) is 0 Å². The number of nitrogens with zero attached hydrogens (tertiary/aromatic N) is 2. The van der Waals surface area contributed by atoms with Crippen LogP contribution in [0.1, 0.15) is 23.6 Å². The average molecular weight is 492 g/mol. The van der Waals surface area contributed by atoms with Crippen molar-refractivity contribution in [2.75, 3.05) is 12.4 Å². The Kier molecular flexibility index (Phi) is 6.30. The van der Waals surface area contributed by atoms with Gasteiger partial charge in [0.1, 0.15) is 5.75 Å². The van der Waals surface area contributed by atoms with Crippen molar-refractivity contribution in [3.63, 3.8) is 0 Å². The summed E-state index contributed by atoms with van der Waals surface area (Å²) in [5.74, 6) is 0.779. The lowest BCUT2D eigenvalue weighted by molar-refractivity contribution is -0.119. The van der Waals surface area contributed by atoms with Gasteiger partial charge in [-0.05, 0) is 42.8 Å². The number of aromatic nitrogens is 2. The van der Waals surface area contributed by atoms with Crippen LogP contribution in [-0.4, -0.2) is 27.8 Å². The number of amides is 1. The molecule has 1 aliphatic rings. The zero-order chi connectivity index (χ0) is 23.7. The SMILES string of the molecule is Cc1c(Cl)cccc1-n1c(SCC(=O)NC2CCOc3ccccc32)nc2ccccc2c1=O. The van der Waals surface area contributed by atoms with Gasteiger partial charge in [-0.25, -0.2) is 4.98 Å². The first-order valence-electron chi connectivity index (χ1n) is 10.9. The zero-order valence-electron chi connectivity index (χ0n) is 18.5. The molecule has 1 aliphatic heterocycles. The van der Waals surface area contributed by atoms with Crippen molar-refractivity contribution in [2.24, 2.45) is 0 Å². The summed E-state index contributed by atoms with van der Waals surface area (Å²) in [5, 5.41) is 4.61. The highest BCUT2D eigenvalue weighted by molar-refractivity contribution is 7.99. The minimum atomic E-state index is -0.197. The molecule has 1 aromatic heterocycles. The van der Waals surface area contributed by atoms with Gasteiger partial charge in [0.15, 0.2) is 5.16 Å². The number of carbonyl (C=O) groups is 1. The topological polar surface area (TPSA) is 73.2 Å². The molecule has 0 radical (unpaired) electrons. The second-order valence-electron chi connectivity index (χ2n) is 8.02. The minimum Gasteiger partial charge on any atom is -0.493 e. The molecule has 8 heteroatoms. The summed E-state index contributed by atoms with van der Waals surface area (Å²) >= 11 is 7.58. The smallest absolute Gasteiger partial charge is 0.266 e. The fraction of sp³-hybridized carbons (Fsp3) is 0.192. The van der Waals surface area contributed by atoms with Crippen molar-refractivity contribution in [3.05, 3.63) is 93.2 Å². The number of ether oxygens (including phenoxy) is 1. The summed E-state index contributed by atoms with van der Waals surface area (Å²) in [6, 6.07) is 20.3. The summed E-state index contributed by atoms with van der Waals surface area (Å²) < 4.78 is 7.24. The molecule has 34 heavy (non-hydrogen) atoms. The fourth-order valence-corrected chi connectivity index (χ4v) is 5.10. The van der Waals surface area contributed by atoms with E-state index in [1.54, 1.807) is 28.8 Å². The van der Waals surface area contributed by atoms with E-state index in [1.807, 2.05) is 49.4 Å². The highest BCUT2D eigenvalue weighted by atomic mass is 35.5. The lowest BCUT2D eigenvalue weighted by Gasteiger charge is -2.26. The first kappa shape index (κ1) is 22.5. The lowest BCUT2D eigenvalue weighted by atomic mass is 10.0. The van der Waals surface area contributed by atoms with Crippen molar-refractivity contribution < 1.29 is 9.53 Å². The summed E-state index contributed by atoms with van der Waals surface area (Å²) in [4.78, 5) is 31.1. The number of thioether (sulfide) groups is 1. The largest absolute Gasteiger partial charge is 0.493 e. The quantitative estimate of drug-likeness (QED) is 0.311. The van der Waals surface area contributed by atoms with Gasteiger partial charge in [0, 0.05) is 17.0 Å². The molecule has 0 fully saturated rings. The van der Waals surface area contributed by atoms with E-state index in [9.17, 15) is 9.59 Å². The number of fused-ring (bicyclic) bond motifs is 2. The monoisotopic (exact) mass is 491 g/mol. The van der Waals surface area contributed by atoms with Crippen molar-refractivity contribution in [2.45, 2.75) is 24.5 Å². The first-order valence-corrected chi connectivity index (χ1v) is 12.3. The lowest BCUT2D eigenvalue weighted by Crippen LogP contribution is -2.33. The Morgan fingerprint density at radius 1 is 1.15 bits per heavy atom. The highest BCUT2D eigenvalue weighted by Gasteiger charge is 2.23. The number of rotatable bonds is 5. The molecular formula is C26H22ClN3O3S. The van der Waals surface area contributed by atoms with E-state index in [2.05, 4.69) is 5.32 Å². The number of para-hydroxylation sites is 2. The van der Waals surface area contributed by atoms with Crippen LogP contribution in [0.3, 0.4) is 0 Å². The molecule has 1 amide bonds. The Morgan fingerprint density at radius 3 is 2.82 bits per heavy atom.